The predicted octanol–water partition coefficient (Wildman–Crippen LogP) is 4.87. The molecule has 124 valence electrons. The molecule has 0 aromatic carbocycles. The van der Waals surface area contributed by atoms with Crippen LogP contribution in [0.15, 0.2) is 12.2 Å². The number of hydrogen-bond acceptors (Lipinski definition) is 2. The first-order valence-corrected chi connectivity index (χ1v) is 9.27. The normalized spacial score (nSPS) is 52.5. The molecule has 0 spiro atoms. The monoisotopic (exact) mass is 304 g/mol. The Labute approximate surface area is 135 Å². The molecule has 4 aliphatic rings. The second kappa shape index (κ2) is 4.60. The van der Waals surface area contributed by atoms with Crippen LogP contribution in [0.2, 0.25) is 0 Å². The van der Waals surface area contributed by atoms with Crippen molar-refractivity contribution in [1.29, 1.82) is 0 Å². The summed E-state index contributed by atoms with van der Waals surface area (Å²) in [4.78, 5) is 0. The lowest BCUT2D eigenvalue weighted by Crippen LogP contribution is -2.47. The fourth-order valence-electron chi connectivity index (χ4n) is 5.41. The molecule has 0 aromatic rings. The van der Waals surface area contributed by atoms with Gasteiger partial charge in [-0.25, -0.2) is 0 Å². The number of rotatable bonds is 3. The van der Waals surface area contributed by atoms with Gasteiger partial charge in [0.15, 0.2) is 0 Å². The van der Waals surface area contributed by atoms with Crippen molar-refractivity contribution >= 4 is 0 Å². The molecule has 0 bridgehead atoms. The Balaban J connectivity index is 1.41. The topological polar surface area (TPSA) is 25.1 Å². The van der Waals surface area contributed by atoms with E-state index >= 15 is 0 Å². The van der Waals surface area contributed by atoms with E-state index in [4.69, 9.17) is 9.47 Å². The Hall–Kier alpha value is -0.340. The molecule has 0 aromatic heterocycles. The maximum Gasteiger partial charge on any atom is 0.0920 e. The zero-order chi connectivity index (χ0) is 15.8. The summed E-state index contributed by atoms with van der Waals surface area (Å²) in [5.74, 6) is 1.60. The summed E-state index contributed by atoms with van der Waals surface area (Å²) in [5, 5.41) is 0. The summed E-state index contributed by atoms with van der Waals surface area (Å²) in [6, 6.07) is 0. The van der Waals surface area contributed by atoms with E-state index in [2.05, 4.69) is 34.3 Å². The molecule has 0 N–H and O–H groups in total. The molecule has 2 heterocycles. The molecule has 2 aliphatic heterocycles. The highest BCUT2D eigenvalue weighted by molar-refractivity contribution is 5.17. The SMILES string of the molecule is C=C1CC[C@H]2O[C@]2(C)CC[C@@H]2C1C[C@@]2(C)CCC1OC1(C)C. The van der Waals surface area contributed by atoms with Crippen LogP contribution >= 0.6 is 0 Å². The molecule has 2 saturated heterocycles. The Kier molecular flexibility index (Phi) is 3.18. The number of epoxide rings is 2. The average Bonchev–Trinajstić information content (AvgIpc) is 3.26. The van der Waals surface area contributed by atoms with Gasteiger partial charge in [0.1, 0.15) is 0 Å². The van der Waals surface area contributed by atoms with E-state index in [1.54, 1.807) is 0 Å². The van der Waals surface area contributed by atoms with E-state index < -0.39 is 0 Å². The smallest absolute Gasteiger partial charge is 0.0920 e. The molecule has 6 atom stereocenters. The molecule has 2 heteroatoms. The van der Waals surface area contributed by atoms with Crippen LogP contribution in [0.1, 0.15) is 72.6 Å². The number of fused-ring (bicyclic) bond motifs is 2. The Morgan fingerprint density at radius 2 is 1.86 bits per heavy atom. The maximum absolute atomic E-state index is 5.98. The van der Waals surface area contributed by atoms with Crippen molar-refractivity contribution in [2.45, 2.75) is 96.1 Å². The van der Waals surface area contributed by atoms with Gasteiger partial charge in [0.2, 0.25) is 0 Å². The largest absolute Gasteiger partial charge is 0.367 e. The van der Waals surface area contributed by atoms with Crippen molar-refractivity contribution < 1.29 is 9.47 Å². The van der Waals surface area contributed by atoms with E-state index in [-0.39, 0.29) is 11.2 Å². The van der Waals surface area contributed by atoms with Crippen molar-refractivity contribution in [2.75, 3.05) is 0 Å². The highest BCUT2D eigenvalue weighted by Crippen LogP contribution is 2.61. The van der Waals surface area contributed by atoms with Gasteiger partial charge in [-0.15, -0.1) is 0 Å². The van der Waals surface area contributed by atoms with E-state index in [1.807, 2.05) is 0 Å². The highest BCUT2D eigenvalue weighted by Gasteiger charge is 2.57. The van der Waals surface area contributed by atoms with Crippen molar-refractivity contribution in [1.82, 2.24) is 0 Å². The van der Waals surface area contributed by atoms with Crippen LogP contribution in [0.4, 0.5) is 0 Å². The fraction of sp³-hybridized carbons (Fsp3) is 0.900. The van der Waals surface area contributed by atoms with Crippen LogP contribution in [-0.4, -0.2) is 23.4 Å². The summed E-state index contributed by atoms with van der Waals surface area (Å²) >= 11 is 0. The minimum absolute atomic E-state index is 0.143. The van der Waals surface area contributed by atoms with Gasteiger partial charge in [-0.2, -0.15) is 0 Å². The number of allylic oxidation sites excluding steroid dienone is 1. The molecule has 0 radical (unpaired) electrons. The van der Waals surface area contributed by atoms with Gasteiger partial charge < -0.3 is 9.47 Å². The minimum Gasteiger partial charge on any atom is -0.367 e. The molecule has 2 nitrogen and oxygen atoms in total. The van der Waals surface area contributed by atoms with E-state index in [0.29, 0.717) is 17.6 Å². The minimum atomic E-state index is 0.143. The molecule has 2 saturated carbocycles. The molecular formula is C20H32O2. The molecule has 2 unspecified atom stereocenters. The van der Waals surface area contributed by atoms with Gasteiger partial charge >= 0.3 is 0 Å². The third-order valence-corrected chi connectivity index (χ3v) is 7.45. The number of hydrogen-bond donors (Lipinski definition) is 0. The van der Waals surface area contributed by atoms with Crippen molar-refractivity contribution in [2.24, 2.45) is 17.3 Å². The van der Waals surface area contributed by atoms with Gasteiger partial charge in [-0.05, 0) is 83.0 Å². The highest BCUT2D eigenvalue weighted by atomic mass is 16.6. The second-order valence-corrected chi connectivity index (χ2v) is 9.47. The van der Waals surface area contributed by atoms with Crippen molar-refractivity contribution in [3.05, 3.63) is 12.2 Å². The van der Waals surface area contributed by atoms with Crippen molar-refractivity contribution in [3.8, 4) is 0 Å². The molecule has 4 fully saturated rings. The standard InChI is InChI=1S/C20H32O2/c1-13-6-7-17-20(5,22-17)11-8-15-14(13)12-19(15,4)10-9-16-18(2,3)21-16/h14-17H,1,6-12H2,2-5H3/t14?,15-,16?,17-,19-,20-/m1/s1. The first-order valence-electron chi connectivity index (χ1n) is 9.27. The summed E-state index contributed by atoms with van der Waals surface area (Å²) in [6.45, 7) is 13.7. The van der Waals surface area contributed by atoms with Crippen LogP contribution in [0.25, 0.3) is 0 Å². The molecule has 22 heavy (non-hydrogen) atoms. The fourth-order valence-corrected chi connectivity index (χ4v) is 5.41. The summed E-state index contributed by atoms with van der Waals surface area (Å²) in [7, 11) is 0. The Morgan fingerprint density at radius 3 is 2.55 bits per heavy atom. The van der Waals surface area contributed by atoms with E-state index in [9.17, 15) is 0 Å². The van der Waals surface area contributed by atoms with Crippen LogP contribution in [0.3, 0.4) is 0 Å². The van der Waals surface area contributed by atoms with Crippen LogP contribution < -0.4 is 0 Å². The molecule has 4 rings (SSSR count). The van der Waals surface area contributed by atoms with Gasteiger partial charge in [-0.3, -0.25) is 0 Å². The third-order valence-electron chi connectivity index (χ3n) is 7.45. The second-order valence-electron chi connectivity index (χ2n) is 9.47. The maximum atomic E-state index is 5.98. The predicted molar refractivity (Wildman–Crippen MR) is 88.8 cm³/mol. The van der Waals surface area contributed by atoms with Gasteiger partial charge in [0.05, 0.1) is 23.4 Å². The van der Waals surface area contributed by atoms with Crippen LogP contribution in [-0.2, 0) is 9.47 Å². The number of ether oxygens (including phenoxy) is 2. The van der Waals surface area contributed by atoms with Gasteiger partial charge in [-0.1, -0.05) is 19.1 Å². The quantitative estimate of drug-likeness (QED) is 0.549. The third kappa shape index (κ3) is 2.38. The first kappa shape index (κ1) is 15.2. The first-order chi connectivity index (χ1) is 10.2. The van der Waals surface area contributed by atoms with Crippen LogP contribution in [0.5, 0.6) is 0 Å². The van der Waals surface area contributed by atoms with E-state index in [0.717, 1.165) is 11.8 Å². The zero-order valence-corrected chi connectivity index (χ0v) is 14.8. The molecule has 0 amide bonds. The summed E-state index contributed by atoms with van der Waals surface area (Å²) in [5.41, 5.74) is 2.34. The summed E-state index contributed by atoms with van der Waals surface area (Å²) < 4.78 is 11.8. The average molecular weight is 304 g/mol. The lowest BCUT2D eigenvalue weighted by atomic mass is 9.49. The summed E-state index contributed by atoms with van der Waals surface area (Å²) in [6.07, 6.45) is 9.84. The Morgan fingerprint density at radius 1 is 1.14 bits per heavy atom. The zero-order valence-electron chi connectivity index (χ0n) is 14.8. The Bertz CT molecular complexity index is 496. The molecule has 2 aliphatic carbocycles. The lowest BCUT2D eigenvalue weighted by molar-refractivity contribution is -0.0289. The molecular weight excluding hydrogens is 272 g/mol. The van der Waals surface area contributed by atoms with E-state index in [1.165, 1.54) is 50.5 Å². The van der Waals surface area contributed by atoms with Crippen LogP contribution in [0, 0.1) is 17.3 Å². The van der Waals surface area contributed by atoms with Gasteiger partial charge in [0, 0.05) is 0 Å². The van der Waals surface area contributed by atoms with Gasteiger partial charge in [0.25, 0.3) is 0 Å². The lowest BCUT2D eigenvalue weighted by Gasteiger charge is -2.55. The van der Waals surface area contributed by atoms with Crippen molar-refractivity contribution in [3.63, 3.8) is 0 Å².